The number of aryl methyl sites for hydroxylation is 1. The Hall–Kier alpha value is -3.05. The summed E-state index contributed by atoms with van der Waals surface area (Å²) in [5.74, 6) is 0.777. The van der Waals surface area contributed by atoms with E-state index in [4.69, 9.17) is 16.3 Å². The highest BCUT2D eigenvalue weighted by Crippen LogP contribution is 2.33. The van der Waals surface area contributed by atoms with Gasteiger partial charge in [-0.2, -0.15) is 9.78 Å². The van der Waals surface area contributed by atoms with Gasteiger partial charge in [0.25, 0.3) is 5.56 Å². The lowest BCUT2D eigenvalue weighted by Crippen LogP contribution is -2.14. The highest BCUT2D eigenvalue weighted by atomic mass is 35.5. The molecule has 5 nitrogen and oxygen atoms in total. The minimum absolute atomic E-state index is 0.173. The molecular formula is C20H16ClN3O2. The molecule has 0 radical (unpaired) electrons. The van der Waals surface area contributed by atoms with Gasteiger partial charge in [0.15, 0.2) is 0 Å². The number of pyridine rings is 1. The Morgan fingerprint density at radius 2 is 1.77 bits per heavy atom. The molecule has 0 bridgehead atoms. The minimum Gasteiger partial charge on any atom is -0.497 e. The molecular weight excluding hydrogens is 350 g/mol. The first kappa shape index (κ1) is 16.4. The van der Waals surface area contributed by atoms with Crippen molar-refractivity contribution >= 4 is 11.6 Å². The molecule has 2 aromatic rings. The van der Waals surface area contributed by atoms with Crippen molar-refractivity contribution < 1.29 is 4.74 Å². The van der Waals surface area contributed by atoms with Crippen LogP contribution in [0.2, 0.25) is 5.02 Å². The lowest BCUT2D eigenvalue weighted by molar-refractivity contribution is 0.415. The number of hydrogen-bond acceptors (Lipinski definition) is 3. The Labute approximate surface area is 155 Å². The molecule has 0 aromatic heterocycles. The van der Waals surface area contributed by atoms with E-state index in [0.717, 1.165) is 22.6 Å². The molecule has 2 heterocycles. The van der Waals surface area contributed by atoms with Crippen molar-refractivity contribution in [3.8, 4) is 33.8 Å². The molecule has 0 amide bonds. The van der Waals surface area contributed by atoms with Gasteiger partial charge in [0.1, 0.15) is 11.4 Å². The van der Waals surface area contributed by atoms with Crippen LogP contribution in [0.1, 0.15) is 5.69 Å². The average molecular weight is 366 g/mol. The summed E-state index contributed by atoms with van der Waals surface area (Å²) in [5, 5.41) is 5.21. The van der Waals surface area contributed by atoms with Crippen molar-refractivity contribution in [3.63, 3.8) is 0 Å². The first-order chi connectivity index (χ1) is 12.6. The zero-order chi connectivity index (χ0) is 18.3. The first-order valence-electron chi connectivity index (χ1n) is 8.10. The van der Waals surface area contributed by atoms with Gasteiger partial charge in [0, 0.05) is 22.5 Å². The van der Waals surface area contributed by atoms with Crippen LogP contribution in [-0.2, 0) is 0 Å². The van der Waals surface area contributed by atoms with E-state index in [2.05, 4.69) is 10.1 Å². The van der Waals surface area contributed by atoms with Gasteiger partial charge in [-0.05, 0) is 48.9 Å². The largest absolute Gasteiger partial charge is 0.497 e. The zero-order valence-corrected chi connectivity index (χ0v) is 15.0. The lowest BCUT2D eigenvalue weighted by atomic mass is 9.99. The molecule has 0 aliphatic carbocycles. The van der Waals surface area contributed by atoms with Crippen LogP contribution in [0, 0.1) is 6.92 Å². The maximum atomic E-state index is 12.8. The van der Waals surface area contributed by atoms with Crippen molar-refractivity contribution in [2.24, 2.45) is 0 Å². The van der Waals surface area contributed by atoms with Crippen LogP contribution < -0.4 is 10.3 Å². The molecule has 26 heavy (non-hydrogen) atoms. The molecule has 0 fully saturated rings. The number of H-pyrrole nitrogens is 1. The summed E-state index contributed by atoms with van der Waals surface area (Å²) in [6.45, 7) is 1.96. The number of fused-ring (bicyclic) bond motifs is 1. The van der Waals surface area contributed by atoms with Crippen molar-refractivity contribution in [1.29, 1.82) is 0 Å². The first-order valence-corrected chi connectivity index (χ1v) is 8.47. The summed E-state index contributed by atoms with van der Waals surface area (Å²) in [7, 11) is 1.63. The summed E-state index contributed by atoms with van der Waals surface area (Å²) in [6, 6.07) is 14.7. The number of ether oxygens (including phenoxy) is 1. The monoisotopic (exact) mass is 365 g/mol. The van der Waals surface area contributed by atoms with Gasteiger partial charge in [0.05, 0.1) is 18.4 Å². The molecule has 6 heteroatoms. The van der Waals surface area contributed by atoms with E-state index in [1.807, 2.05) is 31.2 Å². The third kappa shape index (κ3) is 2.66. The second kappa shape index (κ2) is 6.35. The molecule has 1 N–H and O–H groups in total. The van der Waals surface area contributed by atoms with Gasteiger partial charge in [-0.25, -0.2) is 0 Å². The molecule has 0 spiro atoms. The highest BCUT2D eigenvalue weighted by molar-refractivity contribution is 6.30. The van der Waals surface area contributed by atoms with E-state index in [9.17, 15) is 4.79 Å². The molecule has 0 unspecified atom stereocenters. The molecule has 2 aliphatic rings. The van der Waals surface area contributed by atoms with Crippen LogP contribution in [0.4, 0.5) is 0 Å². The fourth-order valence-corrected chi connectivity index (χ4v) is 3.15. The second-order valence-corrected chi connectivity index (χ2v) is 6.41. The van der Waals surface area contributed by atoms with E-state index >= 15 is 0 Å². The minimum atomic E-state index is -0.173. The molecule has 0 atom stereocenters. The Kier molecular flexibility index (Phi) is 4.01. The summed E-state index contributed by atoms with van der Waals surface area (Å²) < 4.78 is 6.63. The third-order valence-electron chi connectivity index (χ3n) is 4.37. The van der Waals surface area contributed by atoms with Crippen molar-refractivity contribution in [1.82, 2.24) is 14.8 Å². The number of methoxy groups -OCH3 is 1. The lowest BCUT2D eigenvalue weighted by Gasteiger charge is -2.10. The van der Waals surface area contributed by atoms with Gasteiger partial charge in [-0.1, -0.05) is 23.7 Å². The molecule has 4 rings (SSSR count). The number of nitrogens with one attached hydrogen (secondary N) is 1. The predicted octanol–water partition coefficient (Wildman–Crippen LogP) is 4.30. The summed E-state index contributed by atoms with van der Waals surface area (Å²) >= 11 is 5.95. The number of aromatic amines is 1. The SMILES string of the molecule is COc1ccc(-c2c3nn(-c4ccc(Cl)cc4)c(=O)c-3c[nH]c2C)cc1. The molecule has 0 saturated heterocycles. The third-order valence-corrected chi connectivity index (χ3v) is 4.62. The molecule has 0 saturated carbocycles. The average Bonchev–Trinajstić information content (AvgIpc) is 2.99. The van der Waals surface area contributed by atoms with Gasteiger partial charge >= 0.3 is 0 Å². The number of aromatic nitrogens is 3. The van der Waals surface area contributed by atoms with E-state index in [1.165, 1.54) is 4.68 Å². The van der Waals surface area contributed by atoms with Crippen LogP contribution in [0.3, 0.4) is 0 Å². The Bertz CT molecular complexity index is 1100. The van der Waals surface area contributed by atoms with Crippen LogP contribution in [-0.4, -0.2) is 21.9 Å². The fraction of sp³-hybridized carbons (Fsp3) is 0.100. The Morgan fingerprint density at radius 3 is 2.42 bits per heavy atom. The van der Waals surface area contributed by atoms with E-state index in [-0.39, 0.29) is 5.56 Å². The number of nitrogens with zero attached hydrogens (tertiary/aromatic N) is 2. The summed E-state index contributed by atoms with van der Waals surface area (Å²) in [6.07, 6.45) is 1.71. The van der Waals surface area contributed by atoms with Crippen LogP contribution in [0.5, 0.6) is 5.75 Å². The molecule has 130 valence electrons. The number of hydrogen-bond donors (Lipinski definition) is 1. The molecule has 2 aromatic carbocycles. The van der Waals surface area contributed by atoms with E-state index < -0.39 is 0 Å². The number of halogens is 1. The van der Waals surface area contributed by atoms with Gasteiger partial charge in [0.2, 0.25) is 0 Å². The standard InChI is InChI=1S/C20H16ClN3O2/c1-12-18(13-3-9-16(26-2)10-4-13)19-17(11-22-12)20(25)24(23-19)15-7-5-14(21)6-8-15/h3-11,22H,1-2H3. The summed E-state index contributed by atoms with van der Waals surface area (Å²) in [4.78, 5) is 16.0. The number of benzene rings is 2. The highest BCUT2D eigenvalue weighted by Gasteiger charge is 2.22. The normalized spacial score (nSPS) is 11.0. The van der Waals surface area contributed by atoms with Gasteiger partial charge < -0.3 is 9.72 Å². The van der Waals surface area contributed by atoms with Crippen LogP contribution in [0.15, 0.2) is 59.5 Å². The smallest absolute Gasteiger partial charge is 0.282 e. The second-order valence-electron chi connectivity index (χ2n) is 5.97. The maximum Gasteiger partial charge on any atom is 0.282 e. The van der Waals surface area contributed by atoms with E-state index in [1.54, 1.807) is 37.6 Å². The van der Waals surface area contributed by atoms with Gasteiger partial charge in [-0.3, -0.25) is 4.79 Å². The summed E-state index contributed by atoms with van der Waals surface area (Å²) in [5.41, 5.74) is 4.49. The topological polar surface area (TPSA) is 59.9 Å². The van der Waals surface area contributed by atoms with Crippen LogP contribution >= 0.6 is 11.6 Å². The van der Waals surface area contributed by atoms with Crippen molar-refractivity contribution in [3.05, 3.63) is 75.8 Å². The predicted molar refractivity (Wildman–Crippen MR) is 103 cm³/mol. The Morgan fingerprint density at radius 1 is 1.08 bits per heavy atom. The van der Waals surface area contributed by atoms with Gasteiger partial charge in [-0.15, -0.1) is 0 Å². The van der Waals surface area contributed by atoms with Crippen molar-refractivity contribution in [2.75, 3.05) is 7.11 Å². The maximum absolute atomic E-state index is 12.8. The Balaban J connectivity index is 1.93. The zero-order valence-electron chi connectivity index (χ0n) is 14.3. The van der Waals surface area contributed by atoms with E-state index in [0.29, 0.717) is 22.0 Å². The quantitative estimate of drug-likeness (QED) is 0.588. The molecule has 2 aliphatic heterocycles. The number of rotatable bonds is 3. The fourth-order valence-electron chi connectivity index (χ4n) is 3.03. The van der Waals surface area contributed by atoms with Crippen LogP contribution in [0.25, 0.3) is 28.1 Å². The van der Waals surface area contributed by atoms with Crippen molar-refractivity contribution in [2.45, 2.75) is 6.92 Å².